The molecule has 2 aromatic heterocycles. The summed E-state index contributed by atoms with van der Waals surface area (Å²) in [6, 6.07) is 3.54. The number of fused-ring (bicyclic) bond motifs is 1. The van der Waals surface area contributed by atoms with Crippen molar-refractivity contribution in [2.75, 3.05) is 5.32 Å². The van der Waals surface area contributed by atoms with Gasteiger partial charge in [0.05, 0.1) is 11.9 Å². The van der Waals surface area contributed by atoms with E-state index in [4.69, 9.17) is 4.74 Å². The molecule has 96 valence electrons. The van der Waals surface area contributed by atoms with E-state index < -0.39 is 11.7 Å². The number of aromatic nitrogens is 3. The lowest BCUT2D eigenvalue weighted by molar-refractivity contribution is 0.0636. The molecule has 0 aliphatic carbocycles. The van der Waals surface area contributed by atoms with Gasteiger partial charge in [-0.3, -0.25) is 5.32 Å². The lowest BCUT2D eigenvalue weighted by Crippen LogP contribution is -2.27. The van der Waals surface area contributed by atoms with E-state index in [9.17, 15) is 4.79 Å². The van der Waals surface area contributed by atoms with Gasteiger partial charge in [0.15, 0.2) is 5.65 Å². The largest absolute Gasteiger partial charge is 0.444 e. The fourth-order valence-electron chi connectivity index (χ4n) is 1.49. The van der Waals surface area contributed by atoms with Gasteiger partial charge in [-0.2, -0.15) is 5.10 Å². The van der Waals surface area contributed by atoms with Gasteiger partial charge in [-0.15, -0.1) is 0 Å². The number of hydrogen-bond acceptors (Lipinski definition) is 4. The minimum atomic E-state index is -0.516. The Balaban J connectivity index is 2.14. The molecule has 0 bridgehead atoms. The molecule has 0 radical (unpaired) electrons. The zero-order valence-corrected chi connectivity index (χ0v) is 10.9. The Kier molecular flexibility index (Phi) is 2.94. The summed E-state index contributed by atoms with van der Waals surface area (Å²) in [5.74, 6) is 0.685. The smallest absolute Gasteiger partial charge is 0.412 e. The van der Waals surface area contributed by atoms with Gasteiger partial charge in [0, 0.05) is 0 Å². The molecule has 1 N–H and O–H groups in total. The second-order valence-corrected chi connectivity index (χ2v) is 5.01. The van der Waals surface area contributed by atoms with E-state index in [0.717, 1.165) is 5.65 Å². The third kappa shape index (κ3) is 2.97. The molecule has 0 atom stereocenters. The highest BCUT2D eigenvalue weighted by Crippen LogP contribution is 2.12. The summed E-state index contributed by atoms with van der Waals surface area (Å²) in [4.78, 5) is 15.8. The first-order chi connectivity index (χ1) is 8.33. The molecule has 0 saturated heterocycles. The number of nitrogens with zero attached hydrogens (tertiary/aromatic N) is 3. The molecule has 18 heavy (non-hydrogen) atoms. The van der Waals surface area contributed by atoms with Gasteiger partial charge in [0.25, 0.3) is 0 Å². The number of hydrogen-bond donors (Lipinski definition) is 1. The van der Waals surface area contributed by atoms with Crippen LogP contribution in [0.3, 0.4) is 0 Å². The van der Waals surface area contributed by atoms with Crippen LogP contribution in [0.2, 0.25) is 0 Å². The number of amides is 1. The normalized spacial score (nSPS) is 11.6. The standard InChI is InChI=1S/C12H16N4O2/c1-8-13-10-6-5-9(7-16(10)15-8)14-11(17)18-12(2,3)4/h5-7H,1-4H3,(H,14,17). The van der Waals surface area contributed by atoms with Crippen molar-refractivity contribution >= 4 is 17.4 Å². The topological polar surface area (TPSA) is 68.5 Å². The summed E-state index contributed by atoms with van der Waals surface area (Å²) in [6.07, 6.45) is 1.21. The molecule has 2 aromatic rings. The van der Waals surface area contributed by atoms with Crippen LogP contribution in [0.1, 0.15) is 26.6 Å². The molecule has 2 rings (SSSR count). The Morgan fingerprint density at radius 1 is 1.39 bits per heavy atom. The Morgan fingerprint density at radius 3 is 2.78 bits per heavy atom. The fraction of sp³-hybridized carbons (Fsp3) is 0.417. The molecule has 0 aliphatic rings. The zero-order chi connectivity index (χ0) is 13.3. The van der Waals surface area contributed by atoms with Gasteiger partial charge < -0.3 is 4.74 Å². The van der Waals surface area contributed by atoms with E-state index in [2.05, 4.69) is 15.4 Å². The van der Waals surface area contributed by atoms with Crippen molar-refractivity contribution in [2.45, 2.75) is 33.3 Å². The maximum absolute atomic E-state index is 11.6. The number of rotatable bonds is 1. The summed E-state index contributed by atoms with van der Waals surface area (Å²) in [5, 5.41) is 6.82. The van der Waals surface area contributed by atoms with Crippen molar-refractivity contribution in [3.8, 4) is 0 Å². The molecule has 0 saturated carbocycles. The Hall–Kier alpha value is -2.11. The second-order valence-electron chi connectivity index (χ2n) is 5.01. The van der Waals surface area contributed by atoms with Crippen molar-refractivity contribution in [1.29, 1.82) is 0 Å². The highest BCUT2D eigenvalue weighted by Gasteiger charge is 2.16. The van der Waals surface area contributed by atoms with E-state index in [1.165, 1.54) is 0 Å². The van der Waals surface area contributed by atoms with Crippen LogP contribution in [0.4, 0.5) is 10.5 Å². The average Bonchev–Trinajstić information content (AvgIpc) is 2.53. The van der Waals surface area contributed by atoms with Gasteiger partial charge in [-0.1, -0.05) is 0 Å². The number of pyridine rings is 1. The van der Waals surface area contributed by atoms with E-state index in [1.807, 2.05) is 27.7 Å². The minimum absolute atomic E-state index is 0.487. The summed E-state index contributed by atoms with van der Waals surface area (Å²) in [6.45, 7) is 7.26. The SMILES string of the molecule is Cc1nc2ccc(NC(=O)OC(C)(C)C)cn2n1. The van der Waals surface area contributed by atoms with Crippen LogP contribution < -0.4 is 5.32 Å². The Labute approximate surface area is 105 Å². The van der Waals surface area contributed by atoms with E-state index in [1.54, 1.807) is 22.8 Å². The van der Waals surface area contributed by atoms with Gasteiger partial charge in [0.2, 0.25) is 0 Å². The van der Waals surface area contributed by atoms with E-state index in [0.29, 0.717) is 11.5 Å². The minimum Gasteiger partial charge on any atom is -0.444 e. The van der Waals surface area contributed by atoms with Gasteiger partial charge >= 0.3 is 6.09 Å². The van der Waals surface area contributed by atoms with E-state index in [-0.39, 0.29) is 0 Å². The first kappa shape index (κ1) is 12.3. The third-order valence-corrected chi connectivity index (χ3v) is 2.08. The predicted molar refractivity (Wildman–Crippen MR) is 67.6 cm³/mol. The quantitative estimate of drug-likeness (QED) is 0.841. The molecule has 0 aromatic carbocycles. The lowest BCUT2D eigenvalue weighted by atomic mass is 10.2. The molecule has 0 spiro atoms. The molecule has 0 unspecified atom stereocenters. The molecular weight excluding hydrogens is 232 g/mol. The van der Waals surface area contributed by atoms with Crippen molar-refractivity contribution in [2.24, 2.45) is 0 Å². The second kappa shape index (κ2) is 4.29. The monoisotopic (exact) mass is 248 g/mol. The molecule has 2 heterocycles. The van der Waals surface area contributed by atoms with Crippen LogP contribution >= 0.6 is 0 Å². The first-order valence-electron chi connectivity index (χ1n) is 5.66. The van der Waals surface area contributed by atoms with Crippen LogP contribution in [0.5, 0.6) is 0 Å². The predicted octanol–water partition coefficient (Wildman–Crippen LogP) is 2.38. The fourth-order valence-corrected chi connectivity index (χ4v) is 1.49. The molecule has 6 nitrogen and oxygen atoms in total. The van der Waals surface area contributed by atoms with Crippen LogP contribution in [-0.4, -0.2) is 26.3 Å². The average molecular weight is 248 g/mol. The van der Waals surface area contributed by atoms with Crippen molar-refractivity contribution in [3.05, 3.63) is 24.2 Å². The van der Waals surface area contributed by atoms with Crippen LogP contribution in [0.15, 0.2) is 18.3 Å². The molecule has 1 amide bonds. The number of carbonyl (C=O) groups excluding carboxylic acids is 1. The Morgan fingerprint density at radius 2 is 2.11 bits per heavy atom. The summed E-state index contributed by atoms with van der Waals surface area (Å²) < 4.78 is 6.78. The molecule has 0 fully saturated rings. The number of aryl methyl sites for hydroxylation is 1. The molecular formula is C12H16N4O2. The molecule has 0 aliphatic heterocycles. The highest BCUT2D eigenvalue weighted by atomic mass is 16.6. The zero-order valence-electron chi connectivity index (χ0n) is 10.9. The maximum atomic E-state index is 11.6. The van der Waals surface area contributed by atoms with Crippen molar-refractivity contribution < 1.29 is 9.53 Å². The maximum Gasteiger partial charge on any atom is 0.412 e. The number of anilines is 1. The molecule has 6 heteroatoms. The highest BCUT2D eigenvalue weighted by molar-refractivity contribution is 5.84. The summed E-state index contributed by atoms with van der Waals surface area (Å²) >= 11 is 0. The number of carbonyl (C=O) groups is 1. The van der Waals surface area contributed by atoms with Gasteiger partial charge in [-0.05, 0) is 39.8 Å². The number of nitrogens with one attached hydrogen (secondary N) is 1. The summed E-state index contributed by atoms with van der Waals surface area (Å²) in [5.41, 5.74) is 0.835. The first-order valence-corrected chi connectivity index (χ1v) is 5.66. The number of ether oxygens (including phenoxy) is 1. The third-order valence-electron chi connectivity index (χ3n) is 2.08. The van der Waals surface area contributed by atoms with Crippen molar-refractivity contribution in [3.63, 3.8) is 0 Å². The van der Waals surface area contributed by atoms with Crippen molar-refractivity contribution in [1.82, 2.24) is 14.6 Å². The van der Waals surface area contributed by atoms with E-state index >= 15 is 0 Å². The summed E-state index contributed by atoms with van der Waals surface area (Å²) in [7, 11) is 0. The van der Waals surface area contributed by atoms with Crippen LogP contribution in [-0.2, 0) is 4.74 Å². The van der Waals surface area contributed by atoms with Gasteiger partial charge in [-0.25, -0.2) is 14.3 Å². The Bertz CT molecular complexity index is 583. The van der Waals surface area contributed by atoms with Crippen LogP contribution in [0, 0.1) is 6.92 Å². The lowest BCUT2D eigenvalue weighted by Gasteiger charge is -2.19. The van der Waals surface area contributed by atoms with Gasteiger partial charge in [0.1, 0.15) is 11.4 Å². The van der Waals surface area contributed by atoms with Crippen LogP contribution in [0.25, 0.3) is 5.65 Å².